The van der Waals surface area contributed by atoms with Crippen molar-refractivity contribution in [3.8, 4) is 0 Å². The van der Waals surface area contributed by atoms with Crippen LogP contribution in [-0.2, 0) is 32.5 Å². The topological polar surface area (TPSA) is 301 Å². The molecule has 6 heterocycles. The number of hydrogen-bond acceptors (Lipinski definition) is 19. The SMILES string of the molecule is CC(C)(C)c1ccnnc1.CC(C)(C)c1cnnc(C(N)=O)n1.CC(C)(C)c1cnnc(Cl)c1N.CC(C)(C)c1cnnc(N)n1.CC(C)(C)c1cnncn1.Cc1nnncc1C(C)(C)C. The summed E-state index contributed by atoms with van der Waals surface area (Å²) >= 11 is 5.72. The fourth-order valence-electron chi connectivity index (χ4n) is 4.84. The predicted octanol–water partition coefficient (Wildman–Crippen LogP) is 7.45. The molecule has 0 radical (unpaired) electrons. The molecule has 0 aromatic carbocycles. The van der Waals surface area contributed by atoms with Crippen molar-refractivity contribution in [3.63, 3.8) is 0 Å². The van der Waals surface area contributed by atoms with Crippen LogP contribution in [0.25, 0.3) is 0 Å². The Morgan fingerprint density at radius 3 is 1.36 bits per heavy atom. The van der Waals surface area contributed by atoms with E-state index in [-0.39, 0.29) is 49.4 Å². The second-order valence-corrected chi connectivity index (χ2v) is 21.6. The Labute approximate surface area is 401 Å². The first-order chi connectivity index (χ1) is 30.6. The molecule has 20 nitrogen and oxygen atoms in total. The lowest BCUT2D eigenvalue weighted by molar-refractivity contribution is 0.0988. The molecule has 6 aromatic rings. The van der Waals surface area contributed by atoms with Crippen molar-refractivity contribution in [1.29, 1.82) is 0 Å². The average Bonchev–Trinajstić information content (AvgIpc) is 3.22. The third-order valence-electron chi connectivity index (χ3n) is 8.89. The molecule has 67 heavy (non-hydrogen) atoms. The third-order valence-corrected chi connectivity index (χ3v) is 9.17. The van der Waals surface area contributed by atoms with Gasteiger partial charge in [0, 0.05) is 33.6 Å². The van der Waals surface area contributed by atoms with Crippen LogP contribution in [0, 0.1) is 6.92 Å². The minimum atomic E-state index is -0.654. The molecule has 0 fully saturated rings. The van der Waals surface area contributed by atoms with Crippen LogP contribution in [0.3, 0.4) is 0 Å². The molecule has 6 aromatic heterocycles. The summed E-state index contributed by atoms with van der Waals surface area (Å²) < 4.78 is 0. The lowest BCUT2D eigenvalue weighted by Gasteiger charge is -2.20. The molecule has 1 amide bonds. The number of carbonyl (C=O) groups is 1. The first-order valence-electron chi connectivity index (χ1n) is 21.3. The number of nitrogen functional groups attached to an aromatic ring is 2. The zero-order valence-electron chi connectivity index (χ0n) is 42.9. The van der Waals surface area contributed by atoms with E-state index in [1.165, 1.54) is 18.1 Å². The maximum atomic E-state index is 10.7. The minimum absolute atomic E-state index is 0.00986. The number of aromatic nitrogens is 16. The summed E-state index contributed by atoms with van der Waals surface area (Å²) in [5.74, 6) is -0.455. The van der Waals surface area contributed by atoms with Gasteiger partial charge >= 0.3 is 0 Å². The molecule has 6 N–H and O–H groups in total. The van der Waals surface area contributed by atoms with Crippen molar-refractivity contribution in [2.24, 2.45) is 5.73 Å². The summed E-state index contributed by atoms with van der Waals surface area (Å²) in [5, 5.41) is 48.2. The molecule has 6 rings (SSSR count). The molecule has 0 spiro atoms. The summed E-state index contributed by atoms with van der Waals surface area (Å²) in [5.41, 5.74) is 23.7. The quantitative estimate of drug-likeness (QED) is 0.144. The summed E-state index contributed by atoms with van der Waals surface area (Å²) in [6.45, 7) is 39.4. The molecule has 21 heteroatoms. The summed E-state index contributed by atoms with van der Waals surface area (Å²) in [7, 11) is 0. The van der Waals surface area contributed by atoms with Crippen LogP contribution < -0.4 is 17.2 Å². The molecule has 0 atom stereocenters. The highest BCUT2D eigenvalue weighted by atomic mass is 35.5. The van der Waals surface area contributed by atoms with Crippen LogP contribution in [0.15, 0.2) is 55.8 Å². The Hall–Kier alpha value is -6.44. The van der Waals surface area contributed by atoms with Gasteiger partial charge in [0.25, 0.3) is 5.91 Å². The van der Waals surface area contributed by atoms with E-state index in [4.69, 9.17) is 28.8 Å². The van der Waals surface area contributed by atoms with E-state index in [0.717, 1.165) is 28.2 Å². The molecular weight excluding hydrogens is 870 g/mol. The molecule has 364 valence electrons. The van der Waals surface area contributed by atoms with E-state index in [2.05, 4.69) is 185 Å². The lowest BCUT2D eigenvalue weighted by Crippen LogP contribution is -2.21. The van der Waals surface area contributed by atoms with E-state index in [1.54, 1.807) is 37.2 Å². The van der Waals surface area contributed by atoms with Crippen molar-refractivity contribution in [2.75, 3.05) is 11.5 Å². The van der Waals surface area contributed by atoms with Gasteiger partial charge in [-0.25, -0.2) is 15.0 Å². The predicted molar refractivity (Wildman–Crippen MR) is 263 cm³/mol. The zero-order valence-corrected chi connectivity index (χ0v) is 43.6. The van der Waals surface area contributed by atoms with Gasteiger partial charge in [0.2, 0.25) is 11.8 Å². The highest BCUT2D eigenvalue weighted by Crippen LogP contribution is 2.30. The van der Waals surface area contributed by atoms with Gasteiger partial charge < -0.3 is 17.2 Å². The number of anilines is 2. The Kier molecular flexibility index (Phi) is 21.8. The van der Waals surface area contributed by atoms with Crippen LogP contribution in [0.5, 0.6) is 0 Å². The highest BCUT2D eigenvalue weighted by Gasteiger charge is 2.21. The number of nitrogens with two attached hydrogens (primary N) is 3. The number of primary amides is 1. The van der Waals surface area contributed by atoms with Gasteiger partial charge in [-0.1, -0.05) is 136 Å². The van der Waals surface area contributed by atoms with Crippen LogP contribution in [0.4, 0.5) is 11.6 Å². The highest BCUT2D eigenvalue weighted by molar-refractivity contribution is 6.31. The van der Waals surface area contributed by atoms with E-state index in [9.17, 15) is 4.79 Å². The first-order valence-corrected chi connectivity index (χ1v) is 21.7. The Morgan fingerprint density at radius 2 is 1.00 bits per heavy atom. The second kappa shape index (κ2) is 24.9. The molecule has 0 saturated carbocycles. The molecule has 0 saturated heterocycles. The first kappa shape index (κ1) is 58.6. The summed E-state index contributed by atoms with van der Waals surface area (Å²) in [6, 6.07) is 1.99. The molecule has 0 bridgehead atoms. The Bertz CT molecular complexity index is 2350. The minimum Gasteiger partial charge on any atom is -0.396 e. The van der Waals surface area contributed by atoms with E-state index in [0.29, 0.717) is 11.4 Å². The van der Waals surface area contributed by atoms with Gasteiger partial charge in [0.05, 0.1) is 65.6 Å². The molecule has 0 aliphatic rings. The molecule has 0 aliphatic heterocycles. The van der Waals surface area contributed by atoms with Crippen molar-refractivity contribution in [3.05, 3.63) is 106 Å². The monoisotopic (exact) mass is 942 g/mol. The van der Waals surface area contributed by atoms with Gasteiger partial charge in [0.1, 0.15) is 6.33 Å². The van der Waals surface area contributed by atoms with Gasteiger partial charge in [0.15, 0.2) is 5.15 Å². The van der Waals surface area contributed by atoms with Crippen LogP contribution >= 0.6 is 11.6 Å². The normalized spacial score (nSPS) is 11.5. The smallest absolute Gasteiger partial charge is 0.288 e. The van der Waals surface area contributed by atoms with Crippen LogP contribution in [-0.4, -0.2) is 87.3 Å². The number of carbonyl (C=O) groups excluding carboxylic acids is 1. The van der Waals surface area contributed by atoms with Gasteiger partial charge in [-0.05, 0) is 40.0 Å². The van der Waals surface area contributed by atoms with E-state index in [1.807, 2.05) is 33.8 Å². The maximum absolute atomic E-state index is 10.7. The number of hydrogen-bond donors (Lipinski definition) is 3. The summed E-state index contributed by atoms with van der Waals surface area (Å²) in [4.78, 5) is 22.9. The maximum Gasteiger partial charge on any atom is 0.288 e. The average molecular weight is 943 g/mol. The van der Waals surface area contributed by atoms with Crippen molar-refractivity contribution in [1.82, 2.24) is 81.3 Å². The van der Waals surface area contributed by atoms with Crippen molar-refractivity contribution >= 4 is 29.1 Å². The number of rotatable bonds is 1. The second-order valence-electron chi connectivity index (χ2n) is 21.2. The zero-order chi connectivity index (χ0) is 51.6. The van der Waals surface area contributed by atoms with Crippen LogP contribution in [0.1, 0.15) is 175 Å². The van der Waals surface area contributed by atoms with Gasteiger partial charge in [-0.2, -0.15) is 30.6 Å². The number of aryl methyl sites for hydroxylation is 1. The molecule has 0 aliphatic carbocycles. The third kappa shape index (κ3) is 22.1. The van der Waals surface area contributed by atoms with Gasteiger partial charge in [-0.3, -0.25) is 4.79 Å². The van der Waals surface area contributed by atoms with Crippen LogP contribution in [0.2, 0.25) is 5.15 Å². The van der Waals surface area contributed by atoms with Crippen molar-refractivity contribution < 1.29 is 4.79 Å². The van der Waals surface area contributed by atoms with Gasteiger partial charge in [-0.15, -0.1) is 30.6 Å². The lowest BCUT2D eigenvalue weighted by atomic mass is 9.87. The number of nitrogens with zero attached hydrogens (tertiary/aromatic N) is 16. The molecule has 0 unspecified atom stereocenters. The van der Waals surface area contributed by atoms with E-state index >= 15 is 0 Å². The largest absolute Gasteiger partial charge is 0.396 e. The molecular formula is C46H72ClN19O. The number of halogens is 1. The fourth-order valence-corrected chi connectivity index (χ4v) is 4.98. The Balaban J connectivity index is 0.000000403. The standard InChI is InChI=1S/C8H12ClN3.C8H12N4O.C8H13N3.C8H12N2.C7H12N4.C7H11N3/c1-8(2,3)5-4-11-12-7(9)6(5)10;1-8(2,3)5-4-10-12-7(11-5)6(9)13;1-6-7(8(2,3)4)5-9-11-10-6;1-8(2,3)7-4-5-9-10-6-7;1-7(2,3)5-4-9-11-6(8)10-5;1-7(2,3)6-4-9-10-5-8-6/h4H,1-3H3,(H2,10,11);4H,1-3H3,(H2,9,13);5H,1-4H3;4-6H,1-3H3;4H,1-3H3,(H2,8,10,11);4-5H,1-3H3. The van der Waals surface area contributed by atoms with E-state index < -0.39 is 5.91 Å². The number of amides is 1. The summed E-state index contributed by atoms with van der Waals surface area (Å²) in [6.07, 6.45) is 13.3. The van der Waals surface area contributed by atoms with Crippen molar-refractivity contribution in [2.45, 2.75) is 164 Å². The fraction of sp³-hybridized carbons (Fsp3) is 0.543. The Morgan fingerprint density at radius 1 is 0.507 bits per heavy atom.